The van der Waals surface area contributed by atoms with Gasteiger partial charge in [0.25, 0.3) is 0 Å². The molecule has 0 amide bonds. The number of nitrogens with zero attached hydrogens (tertiary/aromatic N) is 1. The van der Waals surface area contributed by atoms with Crippen LogP contribution in [0, 0.1) is 6.92 Å². The van der Waals surface area contributed by atoms with Gasteiger partial charge in [0.1, 0.15) is 0 Å². The highest BCUT2D eigenvalue weighted by atomic mass is 32.2. The van der Waals surface area contributed by atoms with Gasteiger partial charge in [-0.05, 0) is 37.6 Å². The number of rotatable bonds is 5. The molecule has 0 saturated carbocycles. The number of benzene rings is 1. The summed E-state index contributed by atoms with van der Waals surface area (Å²) in [5, 5.41) is 0. The van der Waals surface area contributed by atoms with Crippen molar-refractivity contribution in [3.8, 4) is 0 Å². The molecule has 1 aromatic heterocycles. The molecule has 0 aliphatic heterocycles. The van der Waals surface area contributed by atoms with E-state index in [4.69, 9.17) is 0 Å². The second kappa shape index (κ2) is 6.15. The summed E-state index contributed by atoms with van der Waals surface area (Å²) >= 11 is 0. The van der Waals surface area contributed by atoms with Gasteiger partial charge in [-0.25, -0.2) is 13.1 Å². The maximum atomic E-state index is 12.2. The Morgan fingerprint density at radius 2 is 1.86 bits per heavy atom. The zero-order valence-corrected chi connectivity index (χ0v) is 12.6. The number of carbonyl (C=O) groups excluding carboxylic acids is 1. The summed E-state index contributed by atoms with van der Waals surface area (Å²) in [7, 11) is -3.62. The molecule has 0 bridgehead atoms. The van der Waals surface area contributed by atoms with Crippen molar-refractivity contribution in [1.29, 1.82) is 0 Å². The van der Waals surface area contributed by atoms with Crippen LogP contribution in [0.2, 0.25) is 0 Å². The van der Waals surface area contributed by atoms with Crippen LogP contribution in [0.15, 0.2) is 47.5 Å². The first-order valence-corrected chi connectivity index (χ1v) is 7.89. The van der Waals surface area contributed by atoms with Crippen LogP contribution in [0.1, 0.15) is 28.5 Å². The van der Waals surface area contributed by atoms with Gasteiger partial charge in [-0.3, -0.25) is 9.78 Å². The monoisotopic (exact) mass is 304 g/mol. The first-order valence-electron chi connectivity index (χ1n) is 6.41. The number of aryl methyl sites for hydroxylation is 1. The van der Waals surface area contributed by atoms with Gasteiger partial charge in [0.15, 0.2) is 5.78 Å². The van der Waals surface area contributed by atoms with Crippen molar-refractivity contribution in [2.45, 2.75) is 25.3 Å². The van der Waals surface area contributed by atoms with Gasteiger partial charge >= 0.3 is 0 Å². The quantitative estimate of drug-likeness (QED) is 0.858. The molecule has 1 aromatic carbocycles. The number of hydrogen-bond donors (Lipinski definition) is 1. The lowest BCUT2D eigenvalue weighted by Crippen LogP contribution is -2.24. The van der Waals surface area contributed by atoms with Crippen molar-refractivity contribution in [3.05, 3.63) is 59.4 Å². The van der Waals surface area contributed by atoms with E-state index in [0.29, 0.717) is 11.3 Å². The summed E-state index contributed by atoms with van der Waals surface area (Å²) in [6, 6.07) is 9.52. The van der Waals surface area contributed by atoms with Gasteiger partial charge in [-0.1, -0.05) is 18.2 Å². The molecule has 1 heterocycles. The Hall–Kier alpha value is -2.05. The lowest BCUT2D eigenvalue weighted by molar-refractivity contribution is 0.101. The third-order valence-electron chi connectivity index (χ3n) is 3.12. The molecule has 0 saturated heterocycles. The van der Waals surface area contributed by atoms with E-state index in [1.807, 2.05) is 13.0 Å². The van der Waals surface area contributed by atoms with Gasteiger partial charge in [0.2, 0.25) is 10.0 Å². The highest BCUT2D eigenvalue weighted by molar-refractivity contribution is 7.89. The smallest absolute Gasteiger partial charge is 0.240 e. The van der Waals surface area contributed by atoms with Gasteiger partial charge in [0.05, 0.1) is 17.1 Å². The van der Waals surface area contributed by atoms with Crippen molar-refractivity contribution in [2.75, 3.05) is 0 Å². The lowest BCUT2D eigenvalue weighted by atomic mass is 10.2. The Morgan fingerprint density at radius 1 is 1.19 bits per heavy atom. The summed E-state index contributed by atoms with van der Waals surface area (Å²) < 4.78 is 26.9. The average molecular weight is 304 g/mol. The van der Waals surface area contributed by atoms with Crippen LogP contribution < -0.4 is 4.72 Å². The fourth-order valence-corrected chi connectivity index (χ4v) is 2.81. The van der Waals surface area contributed by atoms with Crippen molar-refractivity contribution in [1.82, 2.24) is 9.71 Å². The van der Waals surface area contributed by atoms with E-state index in [0.717, 1.165) is 5.56 Å². The minimum atomic E-state index is -3.62. The van der Waals surface area contributed by atoms with E-state index in [9.17, 15) is 13.2 Å². The number of ketones is 1. The molecule has 110 valence electrons. The Balaban J connectivity index is 2.15. The number of nitrogens with one attached hydrogen (secondary N) is 1. The molecular formula is C15H16N2O3S. The van der Waals surface area contributed by atoms with E-state index in [-0.39, 0.29) is 17.2 Å². The van der Waals surface area contributed by atoms with E-state index in [1.54, 1.807) is 12.3 Å². The van der Waals surface area contributed by atoms with E-state index in [2.05, 4.69) is 9.71 Å². The van der Waals surface area contributed by atoms with Crippen molar-refractivity contribution >= 4 is 15.8 Å². The van der Waals surface area contributed by atoms with Crippen LogP contribution in [-0.4, -0.2) is 19.2 Å². The van der Waals surface area contributed by atoms with Gasteiger partial charge in [0, 0.05) is 11.8 Å². The Morgan fingerprint density at radius 3 is 2.43 bits per heavy atom. The van der Waals surface area contributed by atoms with Crippen LogP contribution in [0.3, 0.4) is 0 Å². The maximum Gasteiger partial charge on any atom is 0.240 e. The predicted molar refractivity (Wildman–Crippen MR) is 79.4 cm³/mol. The number of hydrogen-bond acceptors (Lipinski definition) is 4. The maximum absolute atomic E-state index is 12.2. The van der Waals surface area contributed by atoms with E-state index >= 15 is 0 Å². The summed E-state index contributed by atoms with van der Waals surface area (Å²) in [4.78, 5) is 15.4. The molecule has 0 radical (unpaired) electrons. The van der Waals surface area contributed by atoms with Crippen molar-refractivity contribution < 1.29 is 13.2 Å². The standard InChI is InChI=1S/C15H16N2O3S/c1-11-4-3-9-16-15(11)10-17-21(19,20)14-7-5-13(6-8-14)12(2)18/h3-9,17H,10H2,1-2H3. The second-order valence-corrected chi connectivity index (χ2v) is 6.44. The van der Waals surface area contributed by atoms with E-state index < -0.39 is 10.0 Å². The highest BCUT2D eigenvalue weighted by Gasteiger charge is 2.14. The molecule has 2 aromatic rings. The van der Waals surface area contributed by atoms with Crippen molar-refractivity contribution in [2.24, 2.45) is 0 Å². The molecule has 0 aliphatic rings. The summed E-state index contributed by atoms with van der Waals surface area (Å²) in [6.45, 7) is 3.44. The Kier molecular flexibility index (Phi) is 4.50. The predicted octanol–water partition coefficient (Wildman–Crippen LogP) is 2.07. The van der Waals surface area contributed by atoms with Crippen LogP contribution in [0.4, 0.5) is 0 Å². The molecule has 0 atom stereocenters. The topological polar surface area (TPSA) is 76.1 Å². The number of sulfonamides is 1. The lowest BCUT2D eigenvalue weighted by Gasteiger charge is -2.08. The van der Waals surface area contributed by atoms with Crippen LogP contribution in [0.5, 0.6) is 0 Å². The average Bonchev–Trinajstić information content (AvgIpc) is 2.46. The number of pyridine rings is 1. The fourth-order valence-electron chi connectivity index (χ4n) is 1.82. The molecule has 21 heavy (non-hydrogen) atoms. The molecule has 0 fully saturated rings. The minimum Gasteiger partial charge on any atom is -0.295 e. The summed E-state index contributed by atoms with van der Waals surface area (Å²) in [6.07, 6.45) is 1.62. The number of Topliss-reactive ketones (excluding diaryl/α,β-unsaturated/α-hetero) is 1. The molecular weight excluding hydrogens is 288 g/mol. The van der Waals surface area contributed by atoms with Crippen LogP contribution in [-0.2, 0) is 16.6 Å². The molecule has 2 rings (SSSR count). The van der Waals surface area contributed by atoms with Crippen molar-refractivity contribution in [3.63, 3.8) is 0 Å². The Bertz CT molecular complexity index is 753. The van der Waals surface area contributed by atoms with Crippen LogP contribution in [0.25, 0.3) is 0 Å². The first kappa shape index (κ1) is 15.3. The number of carbonyl (C=O) groups is 1. The molecule has 5 nitrogen and oxygen atoms in total. The Labute approximate surface area is 124 Å². The van der Waals surface area contributed by atoms with Gasteiger partial charge in [-0.2, -0.15) is 0 Å². The third kappa shape index (κ3) is 3.74. The molecule has 1 N–H and O–H groups in total. The molecule has 0 unspecified atom stereocenters. The highest BCUT2D eigenvalue weighted by Crippen LogP contribution is 2.12. The second-order valence-electron chi connectivity index (χ2n) is 4.67. The zero-order chi connectivity index (χ0) is 15.5. The largest absolute Gasteiger partial charge is 0.295 e. The summed E-state index contributed by atoms with van der Waals surface area (Å²) in [5.41, 5.74) is 2.09. The van der Waals surface area contributed by atoms with E-state index in [1.165, 1.54) is 31.2 Å². The number of aromatic nitrogens is 1. The normalized spacial score (nSPS) is 11.3. The SMILES string of the molecule is CC(=O)c1ccc(S(=O)(=O)NCc2ncccc2C)cc1. The molecule has 0 aliphatic carbocycles. The zero-order valence-electron chi connectivity index (χ0n) is 11.8. The fraction of sp³-hybridized carbons (Fsp3) is 0.200. The molecule has 0 spiro atoms. The van der Waals surface area contributed by atoms with Crippen LogP contribution >= 0.6 is 0 Å². The first-order chi connectivity index (χ1) is 9.90. The third-order valence-corrected chi connectivity index (χ3v) is 4.54. The van der Waals surface area contributed by atoms with Gasteiger partial charge < -0.3 is 0 Å². The minimum absolute atomic E-state index is 0.101. The van der Waals surface area contributed by atoms with Gasteiger partial charge in [-0.15, -0.1) is 0 Å². The summed E-state index contributed by atoms with van der Waals surface area (Å²) in [5.74, 6) is -0.101. The molecule has 6 heteroatoms.